The standard InChI is InChI=1S/C23H24ClN3O2/c1-4-16-7-6-8-19(13-16)26-21(28)14-27-22(17-9-11-18(24)12-10-17)25-15(3)20(5-2)23(27)29/h6-13H,4-5,14H2,1-3H3,(H,26,28). The van der Waals surface area contributed by atoms with Crippen LogP contribution < -0.4 is 10.9 Å². The lowest BCUT2D eigenvalue weighted by molar-refractivity contribution is -0.116. The van der Waals surface area contributed by atoms with Crippen molar-refractivity contribution in [2.24, 2.45) is 0 Å². The smallest absolute Gasteiger partial charge is 0.257 e. The lowest BCUT2D eigenvalue weighted by Crippen LogP contribution is -2.32. The van der Waals surface area contributed by atoms with E-state index in [0.29, 0.717) is 34.2 Å². The van der Waals surface area contributed by atoms with Crippen LogP contribution in [0.3, 0.4) is 0 Å². The summed E-state index contributed by atoms with van der Waals surface area (Å²) in [6.45, 7) is 5.67. The third-order valence-electron chi connectivity index (χ3n) is 4.85. The predicted octanol–water partition coefficient (Wildman–Crippen LogP) is 4.64. The van der Waals surface area contributed by atoms with Crippen molar-refractivity contribution in [1.82, 2.24) is 9.55 Å². The lowest BCUT2D eigenvalue weighted by atomic mass is 10.1. The topological polar surface area (TPSA) is 64.0 Å². The Morgan fingerprint density at radius 3 is 2.48 bits per heavy atom. The Morgan fingerprint density at radius 2 is 1.83 bits per heavy atom. The van der Waals surface area contributed by atoms with Gasteiger partial charge < -0.3 is 5.32 Å². The molecule has 0 saturated carbocycles. The van der Waals surface area contributed by atoms with Crippen LogP contribution in [0.25, 0.3) is 11.4 Å². The first-order chi connectivity index (χ1) is 13.9. The Balaban J connectivity index is 1.99. The first-order valence-corrected chi connectivity index (χ1v) is 10.1. The van der Waals surface area contributed by atoms with Crippen LogP contribution in [0.2, 0.25) is 5.02 Å². The van der Waals surface area contributed by atoms with Gasteiger partial charge in [0.15, 0.2) is 0 Å². The predicted molar refractivity (Wildman–Crippen MR) is 118 cm³/mol. The van der Waals surface area contributed by atoms with E-state index in [-0.39, 0.29) is 18.0 Å². The molecule has 0 fully saturated rings. The SMILES string of the molecule is CCc1cccc(NC(=O)Cn2c(-c3ccc(Cl)cc3)nc(C)c(CC)c2=O)c1. The van der Waals surface area contributed by atoms with Crippen molar-refractivity contribution < 1.29 is 4.79 Å². The number of halogens is 1. The van der Waals surface area contributed by atoms with Gasteiger partial charge in [-0.1, -0.05) is 37.6 Å². The number of benzene rings is 2. The summed E-state index contributed by atoms with van der Waals surface area (Å²) in [5.74, 6) is 0.182. The van der Waals surface area contributed by atoms with Gasteiger partial charge in [-0.15, -0.1) is 0 Å². The number of carbonyl (C=O) groups excluding carboxylic acids is 1. The summed E-state index contributed by atoms with van der Waals surface area (Å²) in [5, 5.41) is 3.48. The van der Waals surface area contributed by atoms with E-state index in [0.717, 1.165) is 17.5 Å². The number of hydrogen-bond acceptors (Lipinski definition) is 3. The summed E-state index contributed by atoms with van der Waals surface area (Å²) in [4.78, 5) is 30.5. The lowest BCUT2D eigenvalue weighted by Gasteiger charge is -2.16. The molecule has 1 heterocycles. The fourth-order valence-corrected chi connectivity index (χ4v) is 3.41. The molecule has 0 saturated heterocycles. The number of nitrogens with zero attached hydrogens (tertiary/aromatic N) is 2. The summed E-state index contributed by atoms with van der Waals surface area (Å²) in [5.41, 5.74) is 3.68. The Morgan fingerprint density at radius 1 is 1.10 bits per heavy atom. The largest absolute Gasteiger partial charge is 0.325 e. The molecule has 0 aliphatic carbocycles. The van der Waals surface area contributed by atoms with Gasteiger partial charge in [-0.3, -0.25) is 14.2 Å². The minimum absolute atomic E-state index is 0.118. The van der Waals surface area contributed by atoms with Crippen LogP contribution >= 0.6 is 11.6 Å². The number of rotatable bonds is 6. The third-order valence-corrected chi connectivity index (χ3v) is 5.10. The Labute approximate surface area is 175 Å². The molecular weight excluding hydrogens is 386 g/mol. The summed E-state index contributed by atoms with van der Waals surface area (Å²) < 4.78 is 1.44. The van der Waals surface area contributed by atoms with E-state index in [2.05, 4.69) is 17.2 Å². The minimum Gasteiger partial charge on any atom is -0.325 e. The highest BCUT2D eigenvalue weighted by atomic mass is 35.5. The normalized spacial score (nSPS) is 10.8. The van der Waals surface area contributed by atoms with Gasteiger partial charge >= 0.3 is 0 Å². The molecule has 3 rings (SSSR count). The van der Waals surface area contributed by atoms with E-state index < -0.39 is 0 Å². The van der Waals surface area contributed by atoms with Gasteiger partial charge in [-0.05, 0) is 61.7 Å². The maximum atomic E-state index is 13.1. The quantitative estimate of drug-likeness (QED) is 0.645. The summed E-state index contributed by atoms with van der Waals surface area (Å²) >= 11 is 6.00. The van der Waals surface area contributed by atoms with Crippen molar-refractivity contribution in [2.75, 3.05) is 5.32 Å². The van der Waals surface area contributed by atoms with Crippen LogP contribution in [0.5, 0.6) is 0 Å². The van der Waals surface area contributed by atoms with Crippen LogP contribution in [0.1, 0.15) is 30.7 Å². The Bertz CT molecular complexity index is 1090. The Kier molecular flexibility index (Phi) is 6.49. The van der Waals surface area contributed by atoms with Gasteiger partial charge in [-0.25, -0.2) is 4.98 Å². The number of nitrogens with one attached hydrogen (secondary N) is 1. The number of aromatic nitrogens is 2. The van der Waals surface area contributed by atoms with Crippen LogP contribution in [0.4, 0.5) is 5.69 Å². The zero-order valence-corrected chi connectivity index (χ0v) is 17.6. The van der Waals surface area contributed by atoms with Gasteiger partial charge in [-0.2, -0.15) is 0 Å². The van der Waals surface area contributed by atoms with Crippen LogP contribution in [-0.2, 0) is 24.2 Å². The van der Waals surface area contributed by atoms with Crippen molar-refractivity contribution in [1.29, 1.82) is 0 Å². The molecule has 1 amide bonds. The molecule has 2 aromatic carbocycles. The molecule has 0 radical (unpaired) electrons. The molecule has 3 aromatic rings. The van der Waals surface area contributed by atoms with Crippen molar-refractivity contribution in [2.45, 2.75) is 40.2 Å². The highest BCUT2D eigenvalue weighted by molar-refractivity contribution is 6.30. The second kappa shape index (κ2) is 9.05. The van der Waals surface area contributed by atoms with E-state index in [1.165, 1.54) is 4.57 Å². The summed E-state index contributed by atoms with van der Waals surface area (Å²) in [6, 6.07) is 14.8. The molecule has 1 aromatic heterocycles. The molecule has 150 valence electrons. The minimum atomic E-state index is -0.275. The summed E-state index contributed by atoms with van der Waals surface area (Å²) in [6.07, 6.45) is 1.43. The molecule has 0 spiro atoms. The van der Waals surface area contributed by atoms with E-state index in [1.54, 1.807) is 24.3 Å². The van der Waals surface area contributed by atoms with E-state index >= 15 is 0 Å². The molecule has 0 aliphatic heterocycles. The van der Waals surface area contributed by atoms with E-state index in [1.807, 2.05) is 38.1 Å². The summed E-state index contributed by atoms with van der Waals surface area (Å²) in [7, 11) is 0. The molecular formula is C23H24ClN3O2. The number of aryl methyl sites for hydroxylation is 2. The molecule has 0 bridgehead atoms. The van der Waals surface area contributed by atoms with Gasteiger partial charge in [0.05, 0.1) is 0 Å². The van der Waals surface area contributed by atoms with Crippen molar-refractivity contribution in [3.63, 3.8) is 0 Å². The molecule has 6 heteroatoms. The zero-order valence-electron chi connectivity index (χ0n) is 16.8. The monoisotopic (exact) mass is 409 g/mol. The maximum Gasteiger partial charge on any atom is 0.257 e. The zero-order chi connectivity index (χ0) is 21.0. The average molecular weight is 410 g/mol. The number of carbonyl (C=O) groups is 1. The fraction of sp³-hybridized carbons (Fsp3) is 0.261. The van der Waals surface area contributed by atoms with Crippen LogP contribution in [0, 0.1) is 6.92 Å². The molecule has 0 atom stereocenters. The molecule has 29 heavy (non-hydrogen) atoms. The number of anilines is 1. The first-order valence-electron chi connectivity index (χ1n) is 9.68. The van der Waals surface area contributed by atoms with Gasteiger partial charge in [0.2, 0.25) is 5.91 Å². The van der Waals surface area contributed by atoms with E-state index in [9.17, 15) is 9.59 Å². The number of hydrogen-bond donors (Lipinski definition) is 1. The number of amides is 1. The fourth-order valence-electron chi connectivity index (χ4n) is 3.29. The molecule has 1 N–H and O–H groups in total. The van der Waals surface area contributed by atoms with E-state index in [4.69, 9.17) is 11.6 Å². The van der Waals surface area contributed by atoms with Gasteiger partial charge in [0.25, 0.3) is 5.56 Å². The molecule has 0 unspecified atom stereocenters. The highest BCUT2D eigenvalue weighted by Gasteiger charge is 2.17. The average Bonchev–Trinajstić information content (AvgIpc) is 2.71. The third kappa shape index (κ3) is 4.74. The highest BCUT2D eigenvalue weighted by Crippen LogP contribution is 2.20. The van der Waals surface area contributed by atoms with Crippen molar-refractivity contribution >= 4 is 23.2 Å². The maximum absolute atomic E-state index is 13.1. The van der Waals surface area contributed by atoms with Crippen LogP contribution in [0.15, 0.2) is 53.3 Å². The van der Waals surface area contributed by atoms with Crippen molar-refractivity contribution in [3.8, 4) is 11.4 Å². The molecule has 5 nitrogen and oxygen atoms in total. The second-order valence-electron chi connectivity index (χ2n) is 6.85. The molecule has 0 aliphatic rings. The second-order valence-corrected chi connectivity index (χ2v) is 7.29. The van der Waals surface area contributed by atoms with Gasteiger partial charge in [0, 0.05) is 27.5 Å². The van der Waals surface area contributed by atoms with Crippen LogP contribution in [-0.4, -0.2) is 15.5 Å². The Hall–Kier alpha value is -2.92. The van der Waals surface area contributed by atoms with Gasteiger partial charge in [0.1, 0.15) is 12.4 Å². The van der Waals surface area contributed by atoms with Crippen molar-refractivity contribution in [3.05, 3.63) is 80.7 Å². The first kappa shape index (κ1) is 20.8.